The fraction of sp³-hybridized carbons (Fsp3) is 0.471. The van der Waals surface area contributed by atoms with Gasteiger partial charge in [-0.05, 0) is 24.6 Å². The lowest BCUT2D eigenvalue weighted by Crippen LogP contribution is -2.51. The molecule has 14 heteroatoms. The van der Waals surface area contributed by atoms with Crippen molar-refractivity contribution >= 4 is 26.5 Å². The average Bonchev–Trinajstić information content (AvgIpc) is 3.17. The Hall–Kier alpha value is -2.38. The topological polar surface area (TPSA) is 98.5 Å². The number of carbonyl (C=O) groups excluding carboxylic acids is 1. The Morgan fingerprint density at radius 3 is 2.84 bits per heavy atom. The molecule has 1 aromatic carbocycles. The van der Waals surface area contributed by atoms with Crippen molar-refractivity contribution in [3.8, 4) is 11.8 Å². The van der Waals surface area contributed by atoms with Gasteiger partial charge in [-0.15, -0.1) is 5.10 Å². The maximum absolute atomic E-state index is 13.1. The fourth-order valence-electron chi connectivity index (χ4n) is 2.70. The molecule has 0 unspecified atom stereocenters. The number of hydrogen-bond acceptors (Lipinski definition) is 7. The molecule has 1 aliphatic heterocycles. The first kappa shape index (κ1) is 23.3. The molecule has 0 aliphatic carbocycles. The zero-order valence-corrected chi connectivity index (χ0v) is 17.7. The summed E-state index contributed by atoms with van der Waals surface area (Å²) in [6.07, 6.45) is -4.66. The molecule has 0 saturated carbocycles. The van der Waals surface area contributed by atoms with Crippen molar-refractivity contribution in [2.24, 2.45) is 0 Å². The van der Waals surface area contributed by atoms with Crippen LogP contribution < -0.4 is 19.8 Å². The van der Waals surface area contributed by atoms with Crippen LogP contribution in [0.4, 0.5) is 17.6 Å². The number of nitrogens with zero attached hydrogens (tertiary/aromatic N) is 2. The van der Waals surface area contributed by atoms with Crippen LogP contribution in [-0.4, -0.2) is 50.6 Å². The summed E-state index contributed by atoms with van der Waals surface area (Å²) in [4.78, 5) is 15.0. The number of ether oxygens (including phenoxy) is 2. The highest BCUT2D eigenvalue weighted by molar-refractivity contribution is 6.59. The van der Waals surface area contributed by atoms with E-state index in [1.165, 1.54) is 12.1 Å². The number of halogens is 5. The van der Waals surface area contributed by atoms with E-state index in [1.54, 1.807) is 0 Å². The molecule has 1 amide bonds. The smallest absolute Gasteiger partial charge is 0.414 e. The molecule has 2 aromatic rings. The molecular weight excluding hydrogens is 464 g/mol. The van der Waals surface area contributed by atoms with Gasteiger partial charge in [0.2, 0.25) is 11.8 Å². The Morgan fingerprint density at radius 2 is 2.16 bits per heavy atom. The van der Waals surface area contributed by atoms with Crippen molar-refractivity contribution < 1.29 is 36.2 Å². The molecule has 3 rings (SSSR count). The second kappa shape index (κ2) is 10.3. The number of nitrogens with one attached hydrogen (secondary N) is 2. The Morgan fingerprint density at radius 1 is 1.35 bits per heavy atom. The van der Waals surface area contributed by atoms with Crippen LogP contribution in [0.1, 0.15) is 24.8 Å². The van der Waals surface area contributed by atoms with Crippen molar-refractivity contribution in [2.75, 3.05) is 19.4 Å². The quantitative estimate of drug-likeness (QED) is 0.442. The third-order valence-electron chi connectivity index (χ3n) is 4.21. The first-order valence-electron chi connectivity index (χ1n) is 9.18. The summed E-state index contributed by atoms with van der Waals surface area (Å²) >= 11 is 5.66. The molecule has 2 N–H and O–H groups in total. The van der Waals surface area contributed by atoms with Gasteiger partial charge in [0, 0.05) is 12.2 Å². The highest BCUT2D eigenvalue weighted by Crippen LogP contribution is 2.25. The number of alkyl halides is 3. The molecule has 1 aliphatic rings. The number of hydrogen-bond donors (Lipinski definition) is 2. The number of carbonyl (C=O) groups is 1. The van der Waals surface area contributed by atoms with E-state index < -0.39 is 34.0 Å². The van der Waals surface area contributed by atoms with Crippen LogP contribution in [0.15, 0.2) is 22.6 Å². The third-order valence-corrected chi connectivity index (χ3v) is 6.65. The second-order valence-electron chi connectivity index (χ2n) is 6.61. The molecule has 0 spiro atoms. The van der Waals surface area contributed by atoms with Crippen LogP contribution in [0, 0.1) is 5.82 Å². The summed E-state index contributed by atoms with van der Waals surface area (Å²) in [5.41, 5.74) is 0. The van der Waals surface area contributed by atoms with Gasteiger partial charge in [0.25, 0.3) is 0 Å². The van der Waals surface area contributed by atoms with E-state index >= 15 is 0 Å². The molecule has 1 atom stereocenters. The average molecular weight is 482 g/mol. The van der Waals surface area contributed by atoms with Crippen molar-refractivity contribution in [3.63, 3.8) is 0 Å². The summed E-state index contributed by atoms with van der Waals surface area (Å²) in [6, 6.07) is 4.23. The molecule has 1 aromatic heterocycles. The van der Waals surface area contributed by atoms with E-state index in [9.17, 15) is 22.4 Å². The zero-order chi connectivity index (χ0) is 22.4. The molecule has 1 saturated heterocycles. The van der Waals surface area contributed by atoms with E-state index in [-0.39, 0.29) is 41.3 Å². The third kappa shape index (κ3) is 7.36. The fourth-order valence-corrected chi connectivity index (χ4v) is 4.85. The lowest BCUT2D eigenvalue weighted by Gasteiger charge is -2.26. The molecule has 169 valence electrons. The van der Waals surface area contributed by atoms with Crippen molar-refractivity contribution in [1.29, 1.82) is 0 Å². The number of benzene rings is 1. The molecule has 31 heavy (non-hydrogen) atoms. The molecule has 8 nitrogen and oxygen atoms in total. The predicted molar refractivity (Wildman–Crippen MR) is 101 cm³/mol. The summed E-state index contributed by atoms with van der Waals surface area (Å²) in [6.45, 7) is -0.837. The van der Waals surface area contributed by atoms with Crippen molar-refractivity contribution in [2.45, 2.75) is 31.1 Å². The van der Waals surface area contributed by atoms with E-state index in [0.717, 1.165) is 6.07 Å². The van der Waals surface area contributed by atoms with Crippen LogP contribution in [0.25, 0.3) is 0 Å². The van der Waals surface area contributed by atoms with E-state index in [0.29, 0.717) is 18.6 Å². The highest BCUT2D eigenvalue weighted by Gasteiger charge is 2.30. The summed E-state index contributed by atoms with van der Waals surface area (Å²) in [5, 5.41) is 10.5. The van der Waals surface area contributed by atoms with Crippen molar-refractivity contribution in [1.82, 2.24) is 20.5 Å². The zero-order valence-electron chi connectivity index (χ0n) is 16.0. The molecule has 0 bridgehead atoms. The van der Waals surface area contributed by atoms with Gasteiger partial charge < -0.3 is 24.2 Å². The predicted octanol–water partition coefficient (Wildman–Crippen LogP) is 2.95. The van der Waals surface area contributed by atoms with Gasteiger partial charge in [0.05, 0.1) is 17.5 Å². The van der Waals surface area contributed by atoms with Crippen LogP contribution in [0.2, 0.25) is 11.1 Å². The molecule has 1 fully saturated rings. The highest BCUT2D eigenvalue weighted by atomic mass is 35.5. The maximum atomic E-state index is 13.1. The Bertz CT molecular complexity index is 893. The minimum Gasteiger partial charge on any atom is -0.484 e. The second-order valence-corrected chi connectivity index (χ2v) is 9.33. The lowest BCUT2D eigenvalue weighted by atomic mass is 10.2. The lowest BCUT2D eigenvalue weighted by molar-refractivity contribution is -0.140. The van der Waals surface area contributed by atoms with Gasteiger partial charge in [-0.3, -0.25) is 4.79 Å². The number of rotatable bonds is 8. The van der Waals surface area contributed by atoms with Gasteiger partial charge in [0.1, 0.15) is 18.2 Å². The van der Waals surface area contributed by atoms with Crippen LogP contribution >= 0.6 is 11.6 Å². The standard InChI is InChI=1S/C17H18ClF4N4O4Si/c18-11-7-10(1-2-12(11)19)29-8-14(27)26-31-6-3-13(23-9-31)15-24-25-16(30-15)28-5-4-17(20,21)22/h1-2,7,13,23H,3-6,8-9H2,(H,26,27)/t13-/m1/s1. The van der Waals surface area contributed by atoms with Gasteiger partial charge in [-0.2, -0.15) is 13.2 Å². The number of amides is 1. The van der Waals surface area contributed by atoms with Gasteiger partial charge in [-0.1, -0.05) is 16.7 Å². The summed E-state index contributed by atoms with van der Waals surface area (Å²) < 4.78 is 64.9. The van der Waals surface area contributed by atoms with E-state index in [4.69, 9.17) is 25.5 Å². The molecule has 1 radical (unpaired) electrons. The minimum absolute atomic E-state index is 0.0951. The largest absolute Gasteiger partial charge is 0.484 e. The Labute approximate surface area is 180 Å². The SMILES string of the molecule is O=C(COc1ccc(F)c(Cl)c1)N[Si]1CC[C@H](c2nnc(OCCC(F)(F)F)o2)NC1. The number of aromatic nitrogens is 2. The van der Waals surface area contributed by atoms with Crippen molar-refractivity contribution in [3.05, 3.63) is 34.9 Å². The van der Waals surface area contributed by atoms with E-state index in [2.05, 4.69) is 20.5 Å². The van der Waals surface area contributed by atoms with Gasteiger partial charge in [0.15, 0.2) is 15.6 Å². The maximum Gasteiger partial charge on any atom is 0.414 e. The van der Waals surface area contributed by atoms with Crippen LogP contribution in [0.5, 0.6) is 11.8 Å². The Kier molecular flexibility index (Phi) is 7.72. The van der Waals surface area contributed by atoms with Crippen LogP contribution in [-0.2, 0) is 4.79 Å². The molecular formula is C17H18ClF4N4O4Si. The summed E-state index contributed by atoms with van der Waals surface area (Å²) in [5.74, 6) is -0.392. The van der Waals surface area contributed by atoms with Gasteiger partial charge in [-0.25, -0.2) is 4.39 Å². The molecule has 2 heterocycles. The first-order valence-corrected chi connectivity index (χ1v) is 11.5. The Balaban J connectivity index is 1.38. The van der Waals surface area contributed by atoms with Crippen LogP contribution in [0.3, 0.4) is 0 Å². The monoisotopic (exact) mass is 481 g/mol. The normalized spacial score (nSPS) is 17.4. The van der Waals surface area contributed by atoms with E-state index in [1.807, 2.05) is 0 Å². The minimum atomic E-state index is -4.33. The summed E-state index contributed by atoms with van der Waals surface area (Å²) in [7, 11) is -1.25. The van der Waals surface area contributed by atoms with Gasteiger partial charge >= 0.3 is 12.3 Å². The first-order chi connectivity index (χ1) is 14.7.